The van der Waals surface area contributed by atoms with Crippen molar-refractivity contribution in [2.24, 2.45) is 17.8 Å². The van der Waals surface area contributed by atoms with Gasteiger partial charge in [-0.25, -0.2) is 0 Å². The summed E-state index contributed by atoms with van der Waals surface area (Å²) in [5, 5.41) is 3.86. The van der Waals surface area contributed by atoms with Crippen LogP contribution in [0.15, 0.2) is 24.3 Å². The monoisotopic (exact) mass is 333 g/mol. The zero-order chi connectivity index (χ0) is 16.4. The van der Waals surface area contributed by atoms with Crippen LogP contribution in [-0.2, 0) is 16.0 Å². The molecule has 3 rings (SSSR count). The molecule has 2 bridgehead atoms. The number of hydrogen-bond acceptors (Lipinski definition) is 2. The van der Waals surface area contributed by atoms with Crippen LogP contribution in [0.3, 0.4) is 0 Å². The van der Waals surface area contributed by atoms with Gasteiger partial charge in [0.15, 0.2) is 0 Å². The summed E-state index contributed by atoms with van der Waals surface area (Å²) >= 11 is 6.18. The molecule has 2 saturated carbocycles. The largest absolute Gasteiger partial charge is 0.353 e. The predicted octanol–water partition coefficient (Wildman–Crippen LogP) is 3.78. The fraction of sp³-hybridized carbons (Fsp3) is 0.579. The van der Waals surface area contributed by atoms with Gasteiger partial charge in [0.2, 0.25) is 5.91 Å². The fourth-order valence-electron chi connectivity index (χ4n) is 4.10. The highest BCUT2D eigenvalue weighted by Crippen LogP contribution is 2.40. The summed E-state index contributed by atoms with van der Waals surface area (Å²) in [5.74, 6) is 0.754. The first-order valence-electron chi connectivity index (χ1n) is 8.62. The maximum Gasteiger partial charge on any atom is 0.223 e. The Labute approximate surface area is 142 Å². The van der Waals surface area contributed by atoms with E-state index in [9.17, 15) is 9.59 Å². The number of amides is 1. The van der Waals surface area contributed by atoms with Crippen LogP contribution in [0.2, 0.25) is 5.02 Å². The molecule has 124 valence electrons. The van der Waals surface area contributed by atoms with Gasteiger partial charge in [0.1, 0.15) is 5.78 Å². The van der Waals surface area contributed by atoms with Gasteiger partial charge in [-0.3, -0.25) is 9.59 Å². The molecule has 0 heterocycles. The van der Waals surface area contributed by atoms with Crippen molar-refractivity contribution >= 4 is 23.3 Å². The summed E-state index contributed by atoms with van der Waals surface area (Å²) in [6.45, 7) is 2.01. The smallest absolute Gasteiger partial charge is 0.223 e. The standard InChI is InChI=1S/C19H24ClNO2/c1-12(9-13-5-2-3-8-17(13)20)21-19(23)16-10-14-6-4-7-15(11-16)18(14)22/h2-3,5,8,12,14-16H,4,6-7,9-11H2,1H3,(H,21,23)/t12-,14-,15+,16?/m0/s1. The number of ketones is 1. The minimum absolute atomic E-state index is 0.00306. The van der Waals surface area contributed by atoms with Gasteiger partial charge in [-0.2, -0.15) is 0 Å². The molecule has 4 heteroatoms. The first kappa shape index (κ1) is 16.5. The summed E-state index contributed by atoms with van der Waals surface area (Å²) in [6, 6.07) is 7.78. The maximum atomic E-state index is 12.6. The average molecular weight is 334 g/mol. The third kappa shape index (κ3) is 3.77. The highest BCUT2D eigenvalue weighted by molar-refractivity contribution is 6.31. The fourth-order valence-corrected chi connectivity index (χ4v) is 4.31. The number of rotatable bonds is 4. The van der Waals surface area contributed by atoms with E-state index < -0.39 is 0 Å². The Morgan fingerprint density at radius 2 is 1.91 bits per heavy atom. The Morgan fingerprint density at radius 3 is 2.57 bits per heavy atom. The van der Waals surface area contributed by atoms with Crippen LogP contribution in [0.5, 0.6) is 0 Å². The van der Waals surface area contributed by atoms with Crippen LogP contribution in [0.25, 0.3) is 0 Å². The molecule has 23 heavy (non-hydrogen) atoms. The molecule has 3 nitrogen and oxygen atoms in total. The summed E-state index contributed by atoms with van der Waals surface area (Å²) in [5.41, 5.74) is 1.05. The molecule has 1 amide bonds. The molecule has 0 aliphatic heterocycles. The van der Waals surface area contributed by atoms with Crippen LogP contribution >= 0.6 is 11.6 Å². The van der Waals surface area contributed by atoms with Gasteiger partial charge in [-0.15, -0.1) is 0 Å². The second kappa shape index (κ2) is 7.04. The Hall–Kier alpha value is -1.35. The van der Waals surface area contributed by atoms with E-state index >= 15 is 0 Å². The molecule has 1 aromatic carbocycles. The lowest BCUT2D eigenvalue weighted by atomic mass is 9.67. The van der Waals surface area contributed by atoms with Crippen LogP contribution in [-0.4, -0.2) is 17.7 Å². The molecule has 0 saturated heterocycles. The quantitative estimate of drug-likeness (QED) is 0.911. The number of carbonyl (C=O) groups is 2. The van der Waals surface area contributed by atoms with Crippen molar-refractivity contribution < 1.29 is 9.59 Å². The summed E-state index contributed by atoms with van der Waals surface area (Å²) in [7, 11) is 0. The van der Waals surface area contributed by atoms with Crippen molar-refractivity contribution in [1.29, 1.82) is 0 Å². The third-order valence-corrected chi connectivity index (χ3v) is 5.66. The number of hydrogen-bond donors (Lipinski definition) is 1. The van der Waals surface area contributed by atoms with Crippen molar-refractivity contribution in [1.82, 2.24) is 5.32 Å². The zero-order valence-corrected chi connectivity index (χ0v) is 14.3. The third-order valence-electron chi connectivity index (χ3n) is 5.29. The summed E-state index contributed by atoms with van der Waals surface area (Å²) < 4.78 is 0. The zero-order valence-electron chi connectivity index (χ0n) is 13.6. The van der Waals surface area contributed by atoms with Crippen molar-refractivity contribution in [3.63, 3.8) is 0 Å². The predicted molar refractivity (Wildman–Crippen MR) is 91.3 cm³/mol. The first-order valence-corrected chi connectivity index (χ1v) is 9.00. The number of nitrogens with one attached hydrogen (secondary N) is 1. The van der Waals surface area contributed by atoms with Crippen molar-refractivity contribution in [3.8, 4) is 0 Å². The molecular formula is C19H24ClNO2. The normalized spacial score (nSPS) is 28.3. The minimum atomic E-state index is -0.00306. The average Bonchev–Trinajstić information content (AvgIpc) is 2.49. The molecule has 4 atom stereocenters. The molecule has 2 aliphatic carbocycles. The van der Waals surface area contributed by atoms with E-state index in [1.54, 1.807) is 0 Å². The van der Waals surface area contributed by atoms with E-state index in [0.717, 1.165) is 49.1 Å². The lowest BCUT2D eigenvalue weighted by Crippen LogP contribution is -2.45. The van der Waals surface area contributed by atoms with E-state index in [1.165, 1.54) is 0 Å². The molecule has 2 fully saturated rings. The lowest BCUT2D eigenvalue weighted by Gasteiger charge is -2.37. The molecular weight excluding hydrogens is 310 g/mol. The molecule has 1 unspecified atom stereocenters. The summed E-state index contributed by atoms with van der Waals surface area (Å²) in [6.07, 6.45) is 5.27. The lowest BCUT2D eigenvalue weighted by molar-refractivity contribution is -0.137. The Kier molecular flexibility index (Phi) is 5.05. The number of halogens is 1. The van der Waals surface area contributed by atoms with Gasteiger partial charge in [0.25, 0.3) is 0 Å². The molecule has 0 spiro atoms. The highest BCUT2D eigenvalue weighted by Gasteiger charge is 2.41. The van der Waals surface area contributed by atoms with Gasteiger partial charge in [0, 0.05) is 28.8 Å². The second-order valence-electron chi connectivity index (χ2n) is 7.10. The van der Waals surface area contributed by atoms with Crippen LogP contribution in [0.4, 0.5) is 0 Å². The maximum absolute atomic E-state index is 12.6. The Bertz CT molecular complexity index is 585. The van der Waals surface area contributed by atoms with E-state index in [2.05, 4.69) is 5.32 Å². The van der Waals surface area contributed by atoms with E-state index in [-0.39, 0.29) is 29.7 Å². The van der Waals surface area contributed by atoms with Crippen LogP contribution < -0.4 is 5.32 Å². The van der Waals surface area contributed by atoms with E-state index in [0.29, 0.717) is 5.78 Å². The van der Waals surface area contributed by atoms with Gasteiger partial charge in [-0.1, -0.05) is 36.2 Å². The highest BCUT2D eigenvalue weighted by atomic mass is 35.5. The van der Waals surface area contributed by atoms with Gasteiger partial charge in [0.05, 0.1) is 0 Å². The Balaban J connectivity index is 1.57. The minimum Gasteiger partial charge on any atom is -0.353 e. The molecule has 1 aromatic rings. The van der Waals surface area contributed by atoms with Gasteiger partial charge >= 0.3 is 0 Å². The number of Topliss-reactive ketones (excluding diaryl/α,β-unsaturated/α-hetero) is 1. The molecule has 0 aromatic heterocycles. The summed E-state index contributed by atoms with van der Waals surface area (Å²) in [4.78, 5) is 24.7. The van der Waals surface area contributed by atoms with E-state index in [4.69, 9.17) is 11.6 Å². The van der Waals surface area contributed by atoms with Crippen molar-refractivity contribution in [3.05, 3.63) is 34.9 Å². The number of fused-ring (bicyclic) bond motifs is 2. The topological polar surface area (TPSA) is 46.2 Å². The van der Waals surface area contributed by atoms with Crippen molar-refractivity contribution in [2.75, 3.05) is 0 Å². The van der Waals surface area contributed by atoms with Gasteiger partial charge < -0.3 is 5.32 Å². The van der Waals surface area contributed by atoms with Crippen molar-refractivity contribution in [2.45, 2.75) is 51.5 Å². The van der Waals surface area contributed by atoms with E-state index in [1.807, 2.05) is 31.2 Å². The molecule has 1 N–H and O–H groups in total. The van der Waals surface area contributed by atoms with Crippen LogP contribution in [0.1, 0.15) is 44.6 Å². The Morgan fingerprint density at radius 1 is 1.26 bits per heavy atom. The van der Waals surface area contributed by atoms with Gasteiger partial charge in [-0.05, 0) is 50.7 Å². The van der Waals surface area contributed by atoms with Crippen LogP contribution in [0, 0.1) is 17.8 Å². The second-order valence-corrected chi connectivity index (χ2v) is 7.51. The molecule has 0 radical (unpaired) electrons. The first-order chi connectivity index (χ1) is 11.0. The number of carbonyl (C=O) groups excluding carboxylic acids is 2. The number of benzene rings is 1. The SMILES string of the molecule is C[C@@H](Cc1ccccc1Cl)NC(=O)C1C[C@H]2CCC[C@@H](C1)C2=O. The molecule has 2 aliphatic rings.